The van der Waals surface area contributed by atoms with Gasteiger partial charge in [0.15, 0.2) is 11.6 Å². The molecule has 0 saturated heterocycles. The Morgan fingerprint density at radius 2 is 0.708 bits per heavy atom. The minimum absolute atomic E-state index is 0.0504. The van der Waals surface area contributed by atoms with E-state index in [1.807, 2.05) is 128 Å². The fourth-order valence-electron chi connectivity index (χ4n) is 12.4. The summed E-state index contributed by atoms with van der Waals surface area (Å²) in [4.78, 5) is 108. The third kappa shape index (κ3) is 18.6. The number of ketones is 6. The topological polar surface area (TPSA) is 219 Å². The van der Waals surface area contributed by atoms with E-state index in [2.05, 4.69) is 160 Å². The number of nitrogens with zero attached hydrogens (tertiary/aromatic N) is 9. The average molecular weight is 2270 g/mol. The van der Waals surface area contributed by atoms with Crippen LogP contribution in [0.2, 0.25) is 0 Å². The summed E-state index contributed by atoms with van der Waals surface area (Å²) in [5.41, 5.74) is 8.65. The molecule has 17 nitrogen and oxygen atoms in total. The van der Waals surface area contributed by atoms with E-state index in [1.165, 1.54) is 20.2 Å². The zero-order valence-electron chi connectivity index (χ0n) is 59.2. The molecule has 16 aromatic heterocycles. The first kappa shape index (κ1) is 78.9. The van der Waals surface area contributed by atoms with E-state index in [1.54, 1.807) is 111 Å². The SMILES string of the molecule is Ic1ccc[te]1.O=C1C(=Cc2ccc(-n3ccc4cccnc43)[te]2)C(=O)c2ccccc21.O=C1C(=Cc2ccc(-n3ccc4cccnc43)[te]2)C(=O)c2ccccc21.O=C1CC(=O)c2ccccc21.O=Cc1ccc(-n2ccc3cccnc32)[te]1.c1c[te]c(-n2ccc3cccnc32)c1.c1cc[te]c1.c1cnc2[nH]ccc2c1. The number of aldehydes is 1. The van der Waals surface area contributed by atoms with Crippen molar-refractivity contribution in [1.82, 2.24) is 48.2 Å². The zero-order valence-corrected chi connectivity index (χ0v) is 75.4. The number of hydrogen-bond donors (Lipinski definition) is 1. The summed E-state index contributed by atoms with van der Waals surface area (Å²) < 4.78 is 27.3. The van der Waals surface area contributed by atoms with E-state index in [0.717, 1.165) is 66.8 Å². The molecule has 16 heterocycles. The van der Waals surface area contributed by atoms with Crippen LogP contribution in [0.5, 0.6) is 0 Å². The summed E-state index contributed by atoms with van der Waals surface area (Å²) in [5, 5.41) is 5.72. The number of allylic oxidation sites excluding steroid dienone is 2. The van der Waals surface area contributed by atoms with Crippen molar-refractivity contribution < 1.29 is 33.6 Å². The molecule has 0 bridgehead atoms. The number of pyridine rings is 5. The van der Waals surface area contributed by atoms with Gasteiger partial charge in [0.05, 0.1) is 6.42 Å². The molecule has 0 radical (unpaired) electrons. The van der Waals surface area contributed by atoms with Gasteiger partial charge in [0.2, 0.25) is 0 Å². The Morgan fingerprint density at radius 1 is 0.336 bits per heavy atom. The Balaban J connectivity index is 0.000000107. The van der Waals surface area contributed by atoms with Gasteiger partial charge < -0.3 is 4.98 Å². The smallest absolute Gasteiger partial charge is 0.137 e. The number of carbonyl (C=O) groups excluding carboxylic acids is 7. The summed E-state index contributed by atoms with van der Waals surface area (Å²) in [6.07, 6.45) is 23.7. The minimum atomic E-state index is -0.694. The van der Waals surface area contributed by atoms with Gasteiger partial charge in [-0.05, 0) is 18.2 Å². The molecule has 1 N–H and O–H groups in total. The second-order valence-corrected chi connectivity index (χ2v) is 45.2. The molecule has 0 amide bonds. The Morgan fingerprint density at radius 3 is 1.05 bits per heavy atom. The molecule has 24 heteroatoms. The fraction of sp³-hybridized carbons (Fsp3) is 0.0112. The summed E-state index contributed by atoms with van der Waals surface area (Å²) in [6.45, 7) is 0. The summed E-state index contributed by atoms with van der Waals surface area (Å²) in [5.74, 6) is -0.766. The van der Waals surface area contributed by atoms with Gasteiger partial charge in [-0.3, -0.25) is 9.59 Å². The van der Waals surface area contributed by atoms with Crippen LogP contribution in [0.4, 0.5) is 0 Å². The minimum Gasteiger partial charge on any atom is -0.346 e. The summed E-state index contributed by atoms with van der Waals surface area (Å²) in [7, 11) is 0. The number of aromatic nitrogens is 10. The molecule has 0 saturated carbocycles. The number of fused-ring (bicyclic) bond motifs is 8. The van der Waals surface area contributed by atoms with E-state index in [-0.39, 0.29) is 114 Å². The first-order chi connectivity index (χ1) is 55.4. The van der Waals surface area contributed by atoms with Crippen molar-refractivity contribution in [2.75, 3.05) is 0 Å². The number of carbonyl (C=O) groups is 7. The monoisotopic (exact) mass is 2290 g/mol. The molecular weight excluding hydrogens is 2210 g/mol. The van der Waals surface area contributed by atoms with Gasteiger partial charge in [-0.2, -0.15) is 0 Å². The van der Waals surface area contributed by atoms with Crippen LogP contribution in [0.25, 0.3) is 82.1 Å². The van der Waals surface area contributed by atoms with Gasteiger partial charge in [-0.1, -0.05) is 24.3 Å². The molecule has 3 aromatic carbocycles. The van der Waals surface area contributed by atoms with Crippen LogP contribution in [-0.4, -0.2) is 212 Å². The van der Waals surface area contributed by atoms with Crippen LogP contribution in [0.3, 0.4) is 0 Å². The average Bonchev–Trinajstić information content (AvgIpc) is 1.62. The molecule has 0 fully saturated rings. The molecule has 113 heavy (non-hydrogen) atoms. The normalized spacial score (nSPS) is 12.2. The van der Waals surface area contributed by atoms with E-state index < -0.39 is 61.3 Å². The molecular formula is C89H59IN10O7Te6. The van der Waals surface area contributed by atoms with Crippen molar-refractivity contribution in [2.45, 2.75) is 6.42 Å². The third-order valence-electron chi connectivity index (χ3n) is 17.7. The Kier molecular flexibility index (Phi) is 26.3. The van der Waals surface area contributed by atoms with E-state index in [4.69, 9.17) is 0 Å². The quantitative estimate of drug-likeness (QED) is 0.0393. The van der Waals surface area contributed by atoms with E-state index >= 15 is 0 Å². The van der Waals surface area contributed by atoms with Gasteiger partial charge >= 0.3 is 614 Å². The van der Waals surface area contributed by atoms with Crippen LogP contribution < -0.4 is 0 Å². The van der Waals surface area contributed by atoms with Crippen LogP contribution >= 0.6 is 22.6 Å². The van der Waals surface area contributed by atoms with E-state index in [9.17, 15) is 33.6 Å². The maximum atomic E-state index is 12.5. The summed E-state index contributed by atoms with van der Waals surface area (Å²) in [6, 6.07) is 76.2. The summed E-state index contributed by atoms with van der Waals surface area (Å²) >= 11 is 0.798. The van der Waals surface area contributed by atoms with Crippen LogP contribution in [0.15, 0.2) is 326 Å². The third-order valence-corrected chi connectivity index (χ3v) is 34.6. The van der Waals surface area contributed by atoms with Crippen molar-refractivity contribution in [1.29, 1.82) is 0 Å². The van der Waals surface area contributed by atoms with E-state index in [0.29, 0.717) is 33.4 Å². The van der Waals surface area contributed by atoms with Crippen molar-refractivity contribution in [3.05, 3.63) is 372 Å². The Labute approximate surface area is 719 Å². The van der Waals surface area contributed by atoms with Crippen LogP contribution in [-0.2, 0) is 0 Å². The molecule has 3 aliphatic rings. The predicted molar refractivity (Wildman–Crippen MR) is 459 cm³/mol. The first-order valence-corrected chi connectivity index (χ1v) is 50.7. The molecule has 0 atom stereocenters. The zero-order chi connectivity index (χ0) is 77.6. The second-order valence-electron chi connectivity index (χ2n) is 24.7. The number of aromatic amines is 1. The van der Waals surface area contributed by atoms with Gasteiger partial charge in [0.25, 0.3) is 0 Å². The maximum Gasteiger partial charge on any atom is 0.137 e. The fourth-order valence-corrected chi connectivity index (χ4v) is 25.8. The number of hydrogen-bond acceptors (Lipinski definition) is 12. The molecule has 19 aromatic rings. The van der Waals surface area contributed by atoms with Gasteiger partial charge in [0, 0.05) is 28.9 Å². The Hall–Kier alpha value is -9.37. The maximum absolute atomic E-state index is 12.5. The molecule has 22 rings (SSSR count). The van der Waals surface area contributed by atoms with Crippen LogP contribution in [0, 0.1) is 1.59 Å². The van der Waals surface area contributed by atoms with Gasteiger partial charge in [-0.15, -0.1) is 0 Å². The van der Waals surface area contributed by atoms with Crippen LogP contribution in [0.1, 0.15) is 84.1 Å². The molecule has 0 spiro atoms. The first-order valence-electron chi connectivity index (χ1n) is 34.9. The van der Waals surface area contributed by atoms with Crippen molar-refractivity contribution in [3.63, 3.8) is 0 Å². The molecule has 3 aliphatic carbocycles. The number of benzene rings is 3. The molecule has 0 aliphatic heterocycles. The largest absolute Gasteiger partial charge is 0.346 e. The Bertz CT molecular complexity index is 6360. The molecule has 550 valence electrons. The number of H-pyrrole nitrogens is 1. The van der Waals surface area contributed by atoms with Gasteiger partial charge in [0.1, 0.15) is 5.65 Å². The van der Waals surface area contributed by atoms with Gasteiger partial charge in [-0.25, -0.2) is 4.98 Å². The van der Waals surface area contributed by atoms with Crippen molar-refractivity contribution >= 4 is 253 Å². The predicted octanol–water partition coefficient (Wildman–Crippen LogP) is 16.2. The second kappa shape index (κ2) is 37.7. The van der Waals surface area contributed by atoms with Crippen molar-refractivity contribution in [3.8, 4) is 14.8 Å². The van der Waals surface area contributed by atoms with Crippen molar-refractivity contribution in [2.24, 2.45) is 0 Å². The number of nitrogens with one attached hydrogen (secondary N) is 1. The standard InChI is InChI=1S/2C21H12N2O2Te.C12H8N2OTe.C11H8N2Te.C9H6O2.C7H6N2.C4H3ITe.C4H4Te/c2*24-19-15-5-1-2-6-16(15)20(25)17(19)12-14-7-8-18(26-14)23-11-9-13-4-3-10-22-21(13)23;15-8-10-3-4-11(16-10)14-7-5-9-2-1-6-13-12(9)14;1-3-9-5-7-13(11(9)12-6-1)10-4-2-8-14-10;10-8-5-9(11)7-4-2-1-3-6(7)8;1-2-6-3-5-9-7(6)8-4-1;5-4-2-1-3-6-4;1-2-4-5-3-1/h2*1-12H;1-8H;1-8H;1-4H,5H2;1-5H,(H,8,9);1-3H;1-4H. The number of rotatable bonds is 7. The number of Topliss-reactive ketones (excluding diaryl/α,β-unsaturated/α-hetero) is 6. The molecule has 0 unspecified atom stereocenters. The number of halogens is 1.